The van der Waals surface area contributed by atoms with Gasteiger partial charge in [0.1, 0.15) is 0 Å². The third kappa shape index (κ3) is 3.79. The number of hydrogen-bond donors (Lipinski definition) is 0. The summed E-state index contributed by atoms with van der Waals surface area (Å²) in [4.78, 5) is 7.65. The van der Waals surface area contributed by atoms with Crippen molar-refractivity contribution in [3.63, 3.8) is 0 Å². The van der Waals surface area contributed by atoms with E-state index in [1.54, 1.807) is 0 Å². The van der Waals surface area contributed by atoms with Crippen molar-refractivity contribution < 1.29 is 0 Å². The van der Waals surface area contributed by atoms with E-state index in [1.165, 1.54) is 44.8 Å². The summed E-state index contributed by atoms with van der Waals surface area (Å²) in [6.07, 6.45) is 4.76. The lowest BCUT2D eigenvalue weighted by molar-refractivity contribution is 0.669. The van der Waals surface area contributed by atoms with Gasteiger partial charge in [-0.25, -0.2) is 4.98 Å². The number of aromatic nitrogens is 2. The quantitative estimate of drug-likeness (QED) is 0.212. The standard InChI is InChI=1S/C41H29N3/c1-3-13-28(14-4-1)35-21-12-22-36(42-35)29-15-11-18-31(27-29)44-37-23-9-7-19-32(37)33-25-26-39-40(41(33)44)34-20-8-10-24-38(34)43(39)30-16-5-2-6-17-30/h1-27,33,41H. The predicted octanol–water partition coefficient (Wildman–Crippen LogP) is 10.4. The van der Waals surface area contributed by atoms with Crippen molar-refractivity contribution in [2.75, 3.05) is 4.90 Å². The Labute approximate surface area is 257 Å². The highest BCUT2D eigenvalue weighted by molar-refractivity contribution is 5.94. The minimum atomic E-state index is 0.126. The molecule has 7 aromatic rings. The SMILES string of the molecule is C1=CC2c3ccccc3N(c3cccc(-c4cccc(-c5ccccc5)n4)c3)C2c2c1n(-c1ccccc1)c1ccccc21. The van der Waals surface area contributed by atoms with Crippen LogP contribution in [0, 0.1) is 0 Å². The first-order valence-corrected chi connectivity index (χ1v) is 15.2. The molecule has 2 atom stereocenters. The summed E-state index contributed by atoms with van der Waals surface area (Å²) in [5.41, 5.74) is 13.0. The van der Waals surface area contributed by atoms with E-state index in [9.17, 15) is 0 Å². The number of hydrogen-bond acceptors (Lipinski definition) is 2. The molecule has 5 aromatic carbocycles. The van der Waals surface area contributed by atoms with E-state index in [-0.39, 0.29) is 12.0 Å². The fourth-order valence-electron chi connectivity index (χ4n) is 7.28. The van der Waals surface area contributed by atoms with Gasteiger partial charge < -0.3 is 9.47 Å². The largest absolute Gasteiger partial charge is 0.333 e. The van der Waals surface area contributed by atoms with Gasteiger partial charge in [0.25, 0.3) is 0 Å². The first kappa shape index (κ1) is 24.9. The second-order valence-corrected chi connectivity index (χ2v) is 11.6. The summed E-state index contributed by atoms with van der Waals surface area (Å²) < 4.78 is 2.42. The van der Waals surface area contributed by atoms with Gasteiger partial charge in [-0.1, -0.05) is 109 Å². The lowest BCUT2D eigenvalue weighted by Gasteiger charge is -2.33. The summed E-state index contributed by atoms with van der Waals surface area (Å²) >= 11 is 0. The Morgan fingerprint density at radius 2 is 1.20 bits per heavy atom. The Kier molecular flexibility index (Phi) is 5.63. The van der Waals surface area contributed by atoms with Gasteiger partial charge in [0.15, 0.2) is 0 Å². The molecule has 2 aliphatic rings. The van der Waals surface area contributed by atoms with Crippen LogP contribution >= 0.6 is 0 Å². The monoisotopic (exact) mass is 563 g/mol. The van der Waals surface area contributed by atoms with Crippen LogP contribution in [0.25, 0.3) is 45.2 Å². The van der Waals surface area contributed by atoms with Crippen LogP contribution in [-0.2, 0) is 0 Å². The van der Waals surface area contributed by atoms with Gasteiger partial charge in [-0.15, -0.1) is 0 Å². The zero-order valence-corrected chi connectivity index (χ0v) is 24.1. The van der Waals surface area contributed by atoms with Crippen molar-refractivity contribution in [3.8, 4) is 28.2 Å². The molecule has 1 aliphatic carbocycles. The minimum Gasteiger partial charge on any atom is -0.333 e. The van der Waals surface area contributed by atoms with Crippen molar-refractivity contribution in [2.45, 2.75) is 12.0 Å². The van der Waals surface area contributed by atoms with Crippen LogP contribution in [0.3, 0.4) is 0 Å². The molecule has 208 valence electrons. The Morgan fingerprint density at radius 1 is 0.545 bits per heavy atom. The molecule has 0 bridgehead atoms. The molecule has 0 amide bonds. The van der Waals surface area contributed by atoms with Crippen LogP contribution in [0.1, 0.15) is 28.8 Å². The highest BCUT2D eigenvalue weighted by Gasteiger charge is 2.43. The highest BCUT2D eigenvalue weighted by Crippen LogP contribution is 2.57. The number of rotatable bonds is 4. The summed E-state index contributed by atoms with van der Waals surface area (Å²) in [6, 6.07) is 54.2. The van der Waals surface area contributed by atoms with E-state index < -0.39 is 0 Å². The molecule has 3 heteroatoms. The average molecular weight is 564 g/mol. The molecule has 2 aromatic heterocycles. The maximum atomic E-state index is 5.09. The van der Waals surface area contributed by atoms with E-state index in [0.717, 1.165) is 22.5 Å². The topological polar surface area (TPSA) is 21.1 Å². The van der Waals surface area contributed by atoms with E-state index in [0.29, 0.717) is 0 Å². The Balaban J connectivity index is 1.23. The number of pyridine rings is 1. The average Bonchev–Trinajstić information content (AvgIpc) is 3.62. The lowest BCUT2D eigenvalue weighted by Crippen LogP contribution is -2.24. The van der Waals surface area contributed by atoms with E-state index in [4.69, 9.17) is 4.98 Å². The third-order valence-electron chi connectivity index (χ3n) is 9.14. The molecule has 3 heterocycles. The van der Waals surface area contributed by atoms with Crippen molar-refractivity contribution >= 4 is 28.4 Å². The normalized spacial score (nSPS) is 16.5. The zero-order chi connectivity index (χ0) is 29.0. The van der Waals surface area contributed by atoms with Crippen molar-refractivity contribution in [3.05, 3.63) is 175 Å². The summed E-state index contributed by atoms with van der Waals surface area (Å²) in [5.74, 6) is 0.247. The maximum absolute atomic E-state index is 5.09. The molecule has 0 fully saturated rings. The van der Waals surface area contributed by atoms with Gasteiger partial charge in [0.2, 0.25) is 0 Å². The zero-order valence-electron chi connectivity index (χ0n) is 24.1. The molecular formula is C41H29N3. The van der Waals surface area contributed by atoms with Crippen LogP contribution in [0.4, 0.5) is 11.4 Å². The molecule has 2 unspecified atom stereocenters. The molecule has 0 saturated heterocycles. The molecule has 1 aliphatic heterocycles. The van der Waals surface area contributed by atoms with Crippen LogP contribution in [0.5, 0.6) is 0 Å². The third-order valence-corrected chi connectivity index (χ3v) is 9.14. The number of nitrogens with zero attached hydrogens (tertiary/aromatic N) is 3. The number of benzene rings is 5. The van der Waals surface area contributed by atoms with Gasteiger partial charge in [0.05, 0.1) is 28.6 Å². The van der Waals surface area contributed by atoms with Crippen LogP contribution in [0.2, 0.25) is 0 Å². The molecule has 0 N–H and O–H groups in total. The highest BCUT2D eigenvalue weighted by atomic mass is 15.2. The summed E-state index contributed by atoms with van der Waals surface area (Å²) in [6.45, 7) is 0. The van der Waals surface area contributed by atoms with Gasteiger partial charge in [-0.2, -0.15) is 0 Å². The van der Waals surface area contributed by atoms with Crippen molar-refractivity contribution in [2.24, 2.45) is 0 Å². The number of para-hydroxylation sites is 3. The minimum absolute atomic E-state index is 0.126. The first-order valence-electron chi connectivity index (χ1n) is 15.2. The van der Waals surface area contributed by atoms with E-state index >= 15 is 0 Å². The lowest BCUT2D eigenvalue weighted by atomic mass is 9.84. The Morgan fingerprint density at radius 3 is 2.07 bits per heavy atom. The Bertz CT molecular complexity index is 2190. The summed E-state index contributed by atoms with van der Waals surface area (Å²) in [5, 5.41) is 1.30. The molecule has 9 rings (SSSR count). The smallest absolute Gasteiger partial charge is 0.0722 e. The molecule has 0 radical (unpaired) electrons. The molecule has 0 spiro atoms. The summed E-state index contributed by atoms with van der Waals surface area (Å²) in [7, 11) is 0. The first-order chi connectivity index (χ1) is 21.8. The van der Waals surface area contributed by atoms with Gasteiger partial charge in [-0.3, -0.25) is 0 Å². The van der Waals surface area contributed by atoms with Crippen molar-refractivity contribution in [1.29, 1.82) is 0 Å². The molecule has 0 saturated carbocycles. The Hall–Kier alpha value is -5.67. The van der Waals surface area contributed by atoms with Crippen LogP contribution in [0.15, 0.2) is 158 Å². The maximum Gasteiger partial charge on any atom is 0.0722 e. The number of anilines is 2. The fourth-order valence-corrected chi connectivity index (χ4v) is 7.28. The molecule has 44 heavy (non-hydrogen) atoms. The van der Waals surface area contributed by atoms with E-state index in [2.05, 4.69) is 167 Å². The van der Waals surface area contributed by atoms with E-state index in [1.807, 2.05) is 6.07 Å². The predicted molar refractivity (Wildman–Crippen MR) is 181 cm³/mol. The second-order valence-electron chi connectivity index (χ2n) is 11.6. The molecular weight excluding hydrogens is 534 g/mol. The fraction of sp³-hybridized carbons (Fsp3) is 0.0488. The second kappa shape index (κ2) is 9.96. The number of fused-ring (bicyclic) bond motifs is 7. The van der Waals surface area contributed by atoms with Crippen molar-refractivity contribution in [1.82, 2.24) is 9.55 Å². The van der Waals surface area contributed by atoms with Gasteiger partial charge >= 0.3 is 0 Å². The van der Waals surface area contributed by atoms with Gasteiger partial charge in [0, 0.05) is 45.1 Å². The molecule has 3 nitrogen and oxygen atoms in total. The van der Waals surface area contributed by atoms with Crippen LogP contribution in [-0.4, -0.2) is 9.55 Å². The van der Waals surface area contributed by atoms with Crippen LogP contribution < -0.4 is 4.90 Å². The van der Waals surface area contributed by atoms with Gasteiger partial charge in [-0.05, 0) is 60.2 Å².